The van der Waals surface area contributed by atoms with E-state index in [9.17, 15) is 4.79 Å². The van der Waals surface area contributed by atoms with Crippen LogP contribution in [0.2, 0.25) is 0 Å². The van der Waals surface area contributed by atoms with Crippen LogP contribution >= 0.6 is 11.8 Å². The van der Waals surface area contributed by atoms with Crippen molar-refractivity contribution in [2.75, 3.05) is 33.6 Å². The van der Waals surface area contributed by atoms with Crippen molar-refractivity contribution in [2.24, 2.45) is 0 Å². The average molecular weight is 345 g/mol. The second kappa shape index (κ2) is 8.64. The number of carbonyl (C=O) groups excluding carboxylic acids is 1. The minimum atomic E-state index is -0.0498. The Morgan fingerprint density at radius 2 is 1.75 bits per heavy atom. The van der Waals surface area contributed by atoms with E-state index in [4.69, 9.17) is 9.47 Å². The van der Waals surface area contributed by atoms with Crippen LogP contribution in [0.25, 0.3) is 11.1 Å². The zero-order chi connectivity index (χ0) is 17.5. The molecule has 0 fully saturated rings. The van der Waals surface area contributed by atoms with Crippen molar-refractivity contribution >= 4 is 17.7 Å². The number of benzene rings is 2. The van der Waals surface area contributed by atoms with Crippen molar-refractivity contribution in [3.05, 3.63) is 42.5 Å². The van der Waals surface area contributed by atoms with E-state index in [0.717, 1.165) is 11.1 Å². The molecule has 2 aromatic rings. The number of hydrogen-bond acceptors (Lipinski definition) is 4. The molecule has 0 N–H and O–H groups in total. The van der Waals surface area contributed by atoms with Crippen molar-refractivity contribution in [2.45, 2.75) is 11.8 Å². The third-order valence-electron chi connectivity index (χ3n) is 3.80. The monoisotopic (exact) mass is 345 g/mol. The highest BCUT2D eigenvalue weighted by atomic mass is 32.2. The molecular weight excluding hydrogens is 322 g/mol. The van der Waals surface area contributed by atoms with Crippen LogP contribution in [0, 0.1) is 0 Å². The van der Waals surface area contributed by atoms with E-state index in [1.54, 1.807) is 36.9 Å². The lowest BCUT2D eigenvalue weighted by molar-refractivity contribution is -0.131. The Bertz CT molecular complexity index is 686. The molecule has 0 saturated heterocycles. The third-order valence-corrected chi connectivity index (χ3v) is 4.55. The molecule has 0 aliphatic heterocycles. The normalized spacial score (nSPS) is 10.3. The topological polar surface area (TPSA) is 38.8 Å². The number of amides is 1. The summed E-state index contributed by atoms with van der Waals surface area (Å²) >= 11 is 1.71. The molecule has 0 heterocycles. The summed E-state index contributed by atoms with van der Waals surface area (Å²) in [6.07, 6.45) is 2.05. The molecule has 0 radical (unpaired) electrons. The van der Waals surface area contributed by atoms with Gasteiger partial charge in [0, 0.05) is 24.6 Å². The molecule has 0 unspecified atom stereocenters. The molecule has 24 heavy (non-hydrogen) atoms. The van der Waals surface area contributed by atoms with Gasteiger partial charge in [0.25, 0.3) is 5.91 Å². The van der Waals surface area contributed by atoms with E-state index < -0.39 is 0 Å². The number of methoxy groups -OCH3 is 1. The predicted molar refractivity (Wildman–Crippen MR) is 99.0 cm³/mol. The van der Waals surface area contributed by atoms with Crippen molar-refractivity contribution < 1.29 is 14.3 Å². The van der Waals surface area contributed by atoms with Gasteiger partial charge in [0.15, 0.2) is 6.61 Å². The molecule has 1 amide bonds. The maximum absolute atomic E-state index is 11.9. The van der Waals surface area contributed by atoms with Gasteiger partial charge in [-0.15, -0.1) is 11.8 Å². The predicted octanol–water partition coefficient (Wildman–Crippen LogP) is 3.94. The minimum Gasteiger partial charge on any atom is -0.497 e. The Kier molecular flexibility index (Phi) is 6.55. The third kappa shape index (κ3) is 4.68. The van der Waals surface area contributed by atoms with Gasteiger partial charge < -0.3 is 14.4 Å². The molecule has 0 saturated carbocycles. The van der Waals surface area contributed by atoms with Crippen LogP contribution in [0.15, 0.2) is 47.4 Å². The van der Waals surface area contributed by atoms with Gasteiger partial charge in [-0.2, -0.15) is 0 Å². The molecule has 2 aromatic carbocycles. The van der Waals surface area contributed by atoms with Crippen LogP contribution in [0.3, 0.4) is 0 Å². The summed E-state index contributed by atoms with van der Waals surface area (Å²) in [6.45, 7) is 2.61. The molecule has 128 valence electrons. The average Bonchev–Trinajstić information content (AvgIpc) is 2.65. The molecule has 0 aromatic heterocycles. The molecule has 0 spiro atoms. The first-order valence-electron chi connectivity index (χ1n) is 7.77. The Balaban J connectivity index is 2.21. The largest absolute Gasteiger partial charge is 0.497 e. The summed E-state index contributed by atoms with van der Waals surface area (Å²) in [4.78, 5) is 14.7. The van der Waals surface area contributed by atoms with Crippen LogP contribution in [0.1, 0.15) is 6.92 Å². The van der Waals surface area contributed by atoms with Crippen LogP contribution in [-0.4, -0.2) is 44.4 Å². The summed E-state index contributed by atoms with van der Waals surface area (Å²) in [7, 11) is 3.38. The van der Waals surface area contributed by atoms with Crippen LogP contribution in [-0.2, 0) is 4.79 Å². The number of carbonyl (C=O) groups is 1. The van der Waals surface area contributed by atoms with Crippen molar-refractivity contribution in [1.29, 1.82) is 0 Å². The standard InChI is InChI=1S/C19H23NO3S/c1-5-20(2)19(21)13-23-17-11-15(10-16(12-17)22-3)14-6-8-18(24-4)9-7-14/h6-12H,5,13H2,1-4H3. The SMILES string of the molecule is CCN(C)C(=O)COc1cc(OC)cc(-c2ccc(SC)cc2)c1. The van der Waals surface area contributed by atoms with Gasteiger partial charge in [-0.05, 0) is 48.6 Å². The van der Waals surface area contributed by atoms with Crippen LogP contribution in [0.4, 0.5) is 0 Å². The number of nitrogens with zero attached hydrogens (tertiary/aromatic N) is 1. The maximum Gasteiger partial charge on any atom is 0.260 e. The first-order valence-corrected chi connectivity index (χ1v) is 9.00. The number of thioether (sulfide) groups is 1. The van der Waals surface area contributed by atoms with E-state index >= 15 is 0 Å². The molecule has 0 aliphatic carbocycles. The highest BCUT2D eigenvalue weighted by Crippen LogP contribution is 2.31. The maximum atomic E-state index is 11.9. The lowest BCUT2D eigenvalue weighted by Crippen LogP contribution is -2.31. The molecule has 0 atom stereocenters. The molecule has 0 aliphatic rings. The van der Waals surface area contributed by atoms with E-state index in [1.807, 2.05) is 19.1 Å². The van der Waals surface area contributed by atoms with Gasteiger partial charge in [-0.1, -0.05) is 12.1 Å². The van der Waals surface area contributed by atoms with E-state index in [1.165, 1.54) is 4.90 Å². The summed E-state index contributed by atoms with van der Waals surface area (Å²) in [5.41, 5.74) is 2.07. The molecule has 2 rings (SSSR count). The molecule has 5 heteroatoms. The summed E-state index contributed by atoms with van der Waals surface area (Å²) < 4.78 is 11.0. The Labute approximate surface area is 147 Å². The second-order valence-corrected chi connectivity index (χ2v) is 6.20. The highest BCUT2D eigenvalue weighted by molar-refractivity contribution is 7.98. The van der Waals surface area contributed by atoms with Crippen molar-refractivity contribution in [3.8, 4) is 22.6 Å². The Hall–Kier alpha value is -2.14. The van der Waals surface area contributed by atoms with Gasteiger partial charge in [0.05, 0.1) is 7.11 Å². The zero-order valence-corrected chi connectivity index (χ0v) is 15.4. The lowest BCUT2D eigenvalue weighted by atomic mass is 10.1. The Morgan fingerprint density at radius 3 is 2.33 bits per heavy atom. The summed E-state index contributed by atoms with van der Waals surface area (Å²) in [5, 5.41) is 0. The number of likely N-dealkylation sites (N-methyl/N-ethyl adjacent to an activating group) is 1. The summed E-state index contributed by atoms with van der Waals surface area (Å²) in [5.74, 6) is 1.27. The van der Waals surface area contributed by atoms with E-state index in [-0.39, 0.29) is 12.5 Å². The molecule has 0 bridgehead atoms. The number of rotatable bonds is 7. The first-order chi connectivity index (χ1) is 11.6. The fourth-order valence-electron chi connectivity index (χ4n) is 2.15. The Morgan fingerprint density at radius 1 is 1.08 bits per heavy atom. The zero-order valence-electron chi connectivity index (χ0n) is 14.5. The fraction of sp³-hybridized carbons (Fsp3) is 0.316. The molecule has 4 nitrogen and oxygen atoms in total. The number of hydrogen-bond donors (Lipinski definition) is 0. The lowest BCUT2D eigenvalue weighted by Gasteiger charge is -2.16. The van der Waals surface area contributed by atoms with Gasteiger partial charge >= 0.3 is 0 Å². The van der Waals surface area contributed by atoms with Crippen molar-refractivity contribution in [1.82, 2.24) is 4.90 Å². The van der Waals surface area contributed by atoms with E-state index in [2.05, 4.69) is 30.5 Å². The smallest absolute Gasteiger partial charge is 0.260 e. The summed E-state index contributed by atoms with van der Waals surface area (Å²) in [6, 6.07) is 14.0. The van der Waals surface area contributed by atoms with Crippen molar-refractivity contribution in [3.63, 3.8) is 0 Å². The van der Waals surface area contributed by atoms with Crippen LogP contribution < -0.4 is 9.47 Å². The quantitative estimate of drug-likeness (QED) is 0.713. The highest BCUT2D eigenvalue weighted by Gasteiger charge is 2.10. The van der Waals surface area contributed by atoms with Gasteiger partial charge in [-0.25, -0.2) is 0 Å². The number of ether oxygens (including phenoxy) is 2. The molecular formula is C19H23NO3S. The first kappa shape index (κ1) is 18.2. The van der Waals surface area contributed by atoms with Gasteiger partial charge in [-0.3, -0.25) is 4.79 Å². The fourth-order valence-corrected chi connectivity index (χ4v) is 2.56. The van der Waals surface area contributed by atoms with Gasteiger partial charge in [0.2, 0.25) is 0 Å². The van der Waals surface area contributed by atoms with E-state index in [0.29, 0.717) is 18.0 Å². The minimum absolute atomic E-state index is 0.0162. The van der Waals surface area contributed by atoms with Crippen LogP contribution in [0.5, 0.6) is 11.5 Å². The van der Waals surface area contributed by atoms with Gasteiger partial charge in [0.1, 0.15) is 11.5 Å². The second-order valence-electron chi connectivity index (χ2n) is 5.32.